The summed E-state index contributed by atoms with van der Waals surface area (Å²) >= 11 is 4.57. The van der Waals surface area contributed by atoms with Crippen LogP contribution in [0.2, 0.25) is 0 Å². The number of carbonyl (C=O) groups excluding carboxylic acids is 1. The molecule has 0 aliphatic heterocycles. The zero-order chi connectivity index (χ0) is 24.5. The predicted molar refractivity (Wildman–Crippen MR) is 124 cm³/mol. The fourth-order valence-corrected chi connectivity index (χ4v) is 5.07. The molecule has 1 aliphatic rings. The van der Waals surface area contributed by atoms with Gasteiger partial charge < -0.3 is 10.1 Å². The van der Waals surface area contributed by atoms with Gasteiger partial charge in [-0.1, -0.05) is 16.9 Å². The molecule has 0 spiro atoms. The Kier molecular flexibility index (Phi) is 7.12. The summed E-state index contributed by atoms with van der Waals surface area (Å²) in [7, 11) is 0. The topological polar surface area (TPSA) is 125 Å². The Morgan fingerprint density at radius 3 is 2.65 bits per heavy atom. The van der Waals surface area contributed by atoms with Gasteiger partial charge >= 0.3 is 11.8 Å². The Morgan fingerprint density at radius 2 is 1.97 bits per heavy atom. The maximum atomic E-state index is 13.7. The van der Waals surface area contributed by atoms with Crippen LogP contribution in [-0.4, -0.2) is 43.0 Å². The van der Waals surface area contributed by atoms with Crippen LogP contribution in [-0.2, 0) is 4.74 Å². The molecule has 2 heterocycles. The number of halogens is 2. The lowest BCUT2D eigenvalue weighted by molar-refractivity contribution is 0.0712. The zero-order valence-electron chi connectivity index (χ0n) is 18.7. The Bertz CT molecular complexity index is 1230. The van der Waals surface area contributed by atoms with Crippen molar-refractivity contribution >= 4 is 33.8 Å². The first kappa shape index (κ1) is 24.5. The number of carbonyl (C=O) groups is 1. The first-order valence-corrected chi connectivity index (χ1v) is 12.3. The van der Waals surface area contributed by atoms with Gasteiger partial charge in [-0.3, -0.25) is 4.52 Å². The zero-order valence-corrected chi connectivity index (χ0v) is 21.1. The molecule has 3 aromatic rings. The third kappa shape index (κ3) is 5.69. The molecule has 34 heavy (non-hydrogen) atoms. The summed E-state index contributed by atoms with van der Waals surface area (Å²) in [6.07, 6.45) is 2.46. The first-order valence-electron chi connectivity index (χ1n) is 10.6. The molecule has 1 aliphatic carbocycles. The van der Waals surface area contributed by atoms with Crippen molar-refractivity contribution in [2.24, 2.45) is 0 Å². The van der Waals surface area contributed by atoms with Crippen LogP contribution >= 0.6 is 27.7 Å². The van der Waals surface area contributed by atoms with Crippen molar-refractivity contribution in [3.8, 4) is 17.2 Å². The minimum Gasteiger partial charge on any atom is -0.446 e. The second-order valence-corrected chi connectivity index (χ2v) is 11.1. The highest BCUT2D eigenvalue weighted by atomic mass is 79.9. The molecule has 10 nitrogen and oxygen atoms in total. The van der Waals surface area contributed by atoms with Crippen LogP contribution in [0.5, 0.6) is 0 Å². The van der Waals surface area contributed by atoms with E-state index in [1.54, 1.807) is 0 Å². The van der Waals surface area contributed by atoms with Gasteiger partial charge in [0.1, 0.15) is 11.9 Å². The van der Waals surface area contributed by atoms with Gasteiger partial charge in [0, 0.05) is 10.8 Å². The molecule has 0 bridgehead atoms. The maximum Gasteiger partial charge on any atom is 0.446 e. The molecule has 0 saturated heterocycles. The Balaban J connectivity index is 1.45. The number of thioether (sulfide) groups is 1. The smallest absolute Gasteiger partial charge is 0.446 e. The van der Waals surface area contributed by atoms with Gasteiger partial charge in [-0.2, -0.15) is 0 Å². The highest BCUT2D eigenvalue weighted by Gasteiger charge is 2.29. The second-order valence-electron chi connectivity index (χ2n) is 8.92. The fraction of sp³-hybridized carbons (Fsp3) is 0.476. The van der Waals surface area contributed by atoms with Gasteiger partial charge in [0.15, 0.2) is 10.7 Å². The lowest BCUT2D eigenvalue weighted by atomic mass is 9.97. The summed E-state index contributed by atoms with van der Waals surface area (Å²) in [5.41, 5.74) is 0.241. The molecule has 2 aromatic heterocycles. The highest BCUT2D eigenvalue weighted by Crippen LogP contribution is 2.37. The SMILES string of the molecule is CC(C)(C)NC(=O)OC1CCC(Sc2nonc2-c2noc(=O)n2-c2ccc(F)c(Br)c2)CC1. The molecule has 1 saturated carbocycles. The van der Waals surface area contributed by atoms with Crippen LogP contribution in [0.15, 0.2) is 41.6 Å². The number of amides is 1. The fourth-order valence-electron chi connectivity index (χ4n) is 3.56. The number of rotatable bonds is 5. The van der Waals surface area contributed by atoms with Crippen molar-refractivity contribution in [1.82, 2.24) is 25.4 Å². The number of nitrogens with zero attached hydrogens (tertiary/aromatic N) is 4. The van der Waals surface area contributed by atoms with Gasteiger partial charge in [0.05, 0.1) is 10.2 Å². The largest absolute Gasteiger partial charge is 0.446 e. The summed E-state index contributed by atoms with van der Waals surface area (Å²) < 4.78 is 30.3. The van der Waals surface area contributed by atoms with E-state index in [4.69, 9.17) is 13.9 Å². The molecule has 1 fully saturated rings. The van der Waals surface area contributed by atoms with E-state index in [0.717, 1.165) is 12.8 Å². The number of hydrogen-bond donors (Lipinski definition) is 1. The lowest BCUT2D eigenvalue weighted by Crippen LogP contribution is -2.42. The number of aromatic nitrogens is 4. The second kappa shape index (κ2) is 9.90. The highest BCUT2D eigenvalue weighted by molar-refractivity contribution is 9.10. The Labute approximate surface area is 206 Å². The average Bonchev–Trinajstić information content (AvgIpc) is 3.36. The molecular formula is C21H23BrFN5O5S. The summed E-state index contributed by atoms with van der Waals surface area (Å²) in [4.78, 5) is 24.4. The van der Waals surface area contributed by atoms with Gasteiger partial charge in [0.25, 0.3) is 0 Å². The van der Waals surface area contributed by atoms with E-state index in [-0.39, 0.29) is 32.9 Å². The summed E-state index contributed by atoms with van der Waals surface area (Å²) in [5.74, 6) is -1.12. The Morgan fingerprint density at radius 1 is 1.24 bits per heavy atom. The third-order valence-corrected chi connectivity index (χ3v) is 6.99. The third-order valence-electron chi connectivity index (χ3n) is 5.09. The quantitative estimate of drug-likeness (QED) is 0.476. The van der Waals surface area contributed by atoms with Crippen LogP contribution in [0.1, 0.15) is 46.5 Å². The average molecular weight is 556 g/mol. The minimum atomic E-state index is -0.751. The summed E-state index contributed by atoms with van der Waals surface area (Å²) in [5, 5.41) is 15.2. The molecule has 13 heteroatoms. The van der Waals surface area contributed by atoms with Crippen molar-refractivity contribution < 1.29 is 23.1 Å². The van der Waals surface area contributed by atoms with Gasteiger partial charge in [-0.25, -0.2) is 23.2 Å². The molecule has 0 radical (unpaired) electrons. The van der Waals surface area contributed by atoms with Crippen molar-refractivity contribution in [3.05, 3.63) is 39.0 Å². The molecule has 1 aromatic carbocycles. The minimum absolute atomic E-state index is 0.100. The van der Waals surface area contributed by atoms with Crippen molar-refractivity contribution in [2.75, 3.05) is 0 Å². The van der Waals surface area contributed by atoms with Gasteiger partial charge in [0.2, 0.25) is 5.82 Å². The number of benzene rings is 1. The summed E-state index contributed by atoms with van der Waals surface area (Å²) in [6.45, 7) is 5.69. The monoisotopic (exact) mass is 555 g/mol. The van der Waals surface area contributed by atoms with E-state index in [1.165, 1.54) is 34.5 Å². The molecule has 0 atom stereocenters. The molecular weight excluding hydrogens is 533 g/mol. The van der Waals surface area contributed by atoms with E-state index in [1.807, 2.05) is 20.8 Å². The van der Waals surface area contributed by atoms with E-state index in [2.05, 4.69) is 36.7 Å². The van der Waals surface area contributed by atoms with Crippen LogP contribution in [0.4, 0.5) is 9.18 Å². The molecule has 1 amide bonds. The molecule has 4 rings (SSSR count). The number of alkyl carbamates (subject to hydrolysis) is 1. The summed E-state index contributed by atoms with van der Waals surface area (Å²) in [6, 6.07) is 4.09. The lowest BCUT2D eigenvalue weighted by Gasteiger charge is -2.29. The number of nitrogens with one attached hydrogen (secondary N) is 1. The van der Waals surface area contributed by atoms with E-state index >= 15 is 0 Å². The van der Waals surface area contributed by atoms with Crippen LogP contribution in [0, 0.1) is 5.82 Å². The van der Waals surface area contributed by atoms with Crippen molar-refractivity contribution in [1.29, 1.82) is 0 Å². The Hall–Kier alpha value is -2.67. The van der Waals surface area contributed by atoms with E-state index in [9.17, 15) is 14.0 Å². The standard InChI is InChI=1S/C21H23BrFN5O5S/c1-21(2,3)24-19(29)31-12-5-7-13(8-6-12)34-18-16(25-33-27-18)17-26-32-20(30)28(17)11-4-9-15(23)14(22)10-11/h4,9-10,12-13H,5-8H2,1-3H3,(H,24,29). The van der Waals surface area contributed by atoms with Crippen LogP contribution in [0.25, 0.3) is 17.2 Å². The molecule has 0 unspecified atom stereocenters. The van der Waals surface area contributed by atoms with Crippen molar-refractivity contribution in [3.63, 3.8) is 0 Å². The van der Waals surface area contributed by atoms with Gasteiger partial charge in [-0.15, -0.1) is 0 Å². The van der Waals surface area contributed by atoms with Crippen molar-refractivity contribution in [2.45, 2.75) is 68.4 Å². The first-order chi connectivity index (χ1) is 16.1. The van der Waals surface area contributed by atoms with Crippen LogP contribution < -0.4 is 11.1 Å². The van der Waals surface area contributed by atoms with Crippen LogP contribution in [0.3, 0.4) is 0 Å². The van der Waals surface area contributed by atoms with E-state index < -0.39 is 17.7 Å². The molecule has 1 N–H and O–H groups in total. The normalized spacial score (nSPS) is 18.6. The van der Waals surface area contributed by atoms with E-state index in [0.29, 0.717) is 23.6 Å². The maximum absolute atomic E-state index is 13.7. The predicted octanol–water partition coefficient (Wildman–Crippen LogP) is 4.71. The number of hydrogen-bond acceptors (Lipinski definition) is 9. The number of ether oxygens (including phenoxy) is 1. The molecule has 182 valence electrons. The van der Waals surface area contributed by atoms with Gasteiger partial charge in [-0.05, 0) is 90.9 Å².